The number of amides is 1. The standard InChI is InChI=1S/C34H30N4O4S2/c1-21-10-12-23(13-11-21)28-20-44-34(37-28)38-31(39)14-15-43-33-26(19-35)25(18-27(36-33)22-8-6-5-7-9-22)24-16-29(40-2)32(42-4)30(17-24)41-3/h5-13,16-18,20H,14-15H2,1-4H3,(H,37,38,39). The van der Waals surface area contributed by atoms with Crippen LogP contribution in [0, 0.1) is 18.3 Å². The lowest BCUT2D eigenvalue weighted by molar-refractivity contribution is -0.115. The number of hydrogen-bond acceptors (Lipinski definition) is 9. The van der Waals surface area contributed by atoms with E-state index < -0.39 is 0 Å². The number of rotatable bonds is 11. The van der Waals surface area contributed by atoms with Crippen molar-refractivity contribution in [2.45, 2.75) is 18.4 Å². The van der Waals surface area contributed by atoms with Gasteiger partial charge in [-0.25, -0.2) is 9.97 Å². The molecule has 2 heterocycles. The highest BCUT2D eigenvalue weighted by Gasteiger charge is 2.20. The van der Waals surface area contributed by atoms with E-state index in [1.54, 1.807) is 21.3 Å². The summed E-state index contributed by atoms with van der Waals surface area (Å²) in [6, 6.07) is 25.7. The number of pyridine rings is 1. The SMILES string of the molecule is COc1cc(-c2cc(-c3ccccc3)nc(SCCC(=O)Nc3nc(-c4ccc(C)cc4)cs3)c2C#N)cc(OC)c1OC. The van der Waals surface area contributed by atoms with E-state index in [0.717, 1.165) is 16.8 Å². The van der Waals surface area contributed by atoms with Crippen molar-refractivity contribution in [3.63, 3.8) is 0 Å². The molecule has 0 radical (unpaired) electrons. The molecule has 0 unspecified atom stereocenters. The molecule has 0 bridgehead atoms. The molecule has 5 aromatic rings. The van der Waals surface area contributed by atoms with Crippen LogP contribution in [0.2, 0.25) is 0 Å². The molecule has 222 valence electrons. The van der Waals surface area contributed by atoms with Gasteiger partial charge in [-0.1, -0.05) is 60.2 Å². The zero-order chi connectivity index (χ0) is 31.1. The van der Waals surface area contributed by atoms with Gasteiger partial charge in [0.2, 0.25) is 11.7 Å². The number of nitrogens with zero attached hydrogens (tertiary/aromatic N) is 3. The van der Waals surface area contributed by atoms with E-state index in [0.29, 0.717) is 55.5 Å². The molecule has 5 rings (SSSR count). The number of nitriles is 1. The fourth-order valence-electron chi connectivity index (χ4n) is 4.57. The van der Waals surface area contributed by atoms with Gasteiger partial charge in [0, 0.05) is 34.2 Å². The number of nitrogens with one attached hydrogen (secondary N) is 1. The molecule has 44 heavy (non-hydrogen) atoms. The van der Waals surface area contributed by atoms with E-state index in [1.165, 1.54) is 28.7 Å². The molecule has 3 aromatic carbocycles. The molecule has 0 aliphatic heterocycles. The summed E-state index contributed by atoms with van der Waals surface area (Å²) in [5.41, 5.74) is 6.37. The van der Waals surface area contributed by atoms with Crippen LogP contribution in [0.1, 0.15) is 17.5 Å². The molecule has 0 saturated carbocycles. The maximum absolute atomic E-state index is 12.8. The summed E-state index contributed by atoms with van der Waals surface area (Å²) in [7, 11) is 4.65. The molecule has 1 amide bonds. The van der Waals surface area contributed by atoms with Crippen molar-refractivity contribution >= 4 is 34.1 Å². The highest BCUT2D eigenvalue weighted by molar-refractivity contribution is 7.99. The van der Waals surface area contributed by atoms with Crippen molar-refractivity contribution in [1.82, 2.24) is 9.97 Å². The maximum atomic E-state index is 12.8. The summed E-state index contributed by atoms with van der Waals surface area (Å²) in [4.78, 5) is 22.3. The molecular formula is C34H30N4O4S2. The molecule has 2 aromatic heterocycles. The number of benzene rings is 3. The molecule has 10 heteroatoms. The molecule has 8 nitrogen and oxygen atoms in total. The van der Waals surface area contributed by atoms with Gasteiger partial charge in [-0.2, -0.15) is 5.26 Å². The second-order valence-corrected chi connectivity index (χ2v) is 11.6. The van der Waals surface area contributed by atoms with Gasteiger partial charge in [-0.3, -0.25) is 4.79 Å². The Hall–Kier alpha value is -4.85. The minimum atomic E-state index is -0.162. The number of carbonyl (C=O) groups is 1. The summed E-state index contributed by atoms with van der Waals surface area (Å²) in [6.07, 6.45) is 0.214. The quantitative estimate of drug-likeness (QED) is 0.148. The lowest BCUT2D eigenvalue weighted by Crippen LogP contribution is -2.12. The fourth-order valence-corrected chi connectivity index (χ4v) is 6.24. The summed E-state index contributed by atoms with van der Waals surface area (Å²) in [5.74, 6) is 1.66. The Kier molecular flexibility index (Phi) is 9.79. The van der Waals surface area contributed by atoms with Crippen LogP contribution in [0.15, 0.2) is 83.2 Å². The largest absolute Gasteiger partial charge is 0.493 e. The summed E-state index contributed by atoms with van der Waals surface area (Å²) in [5, 5.41) is 16.2. The van der Waals surface area contributed by atoms with Gasteiger partial charge in [0.1, 0.15) is 11.1 Å². The topological polar surface area (TPSA) is 106 Å². The molecular weight excluding hydrogens is 593 g/mol. The summed E-state index contributed by atoms with van der Waals surface area (Å²) in [6.45, 7) is 2.04. The van der Waals surface area contributed by atoms with Crippen LogP contribution >= 0.6 is 23.1 Å². The zero-order valence-corrected chi connectivity index (χ0v) is 26.3. The summed E-state index contributed by atoms with van der Waals surface area (Å²) >= 11 is 2.75. The zero-order valence-electron chi connectivity index (χ0n) is 24.7. The minimum Gasteiger partial charge on any atom is -0.493 e. The van der Waals surface area contributed by atoms with Gasteiger partial charge >= 0.3 is 0 Å². The van der Waals surface area contributed by atoms with E-state index in [-0.39, 0.29) is 12.3 Å². The van der Waals surface area contributed by atoms with Crippen LogP contribution in [-0.2, 0) is 4.79 Å². The lowest BCUT2D eigenvalue weighted by Gasteiger charge is -2.16. The van der Waals surface area contributed by atoms with E-state index in [2.05, 4.69) is 16.4 Å². The third-order valence-corrected chi connectivity index (χ3v) is 8.54. The maximum Gasteiger partial charge on any atom is 0.226 e. The average molecular weight is 623 g/mol. The Balaban J connectivity index is 1.40. The molecule has 0 fully saturated rings. The third-order valence-electron chi connectivity index (χ3n) is 6.81. The van der Waals surface area contributed by atoms with Gasteiger partial charge in [0.15, 0.2) is 16.6 Å². The second kappa shape index (κ2) is 14.1. The highest BCUT2D eigenvalue weighted by Crippen LogP contribution is 2.43. The molecule has 0 saturated heterocycles. The number of methoxy groups -OCH3 is 3. The Labute approximate surface area is 264 Å². The Morgan fingerprint density at radius 3 is 2.20 bits per heavy atom. The number of ether oxygens (including phenoxy) is 3. The normalized spacial score (nSPS) is 10.6. The van der Waals surface area contributed by atoms with E-state index in [9.17, 15) is 10.1 Å². The van der Waals surface area contributed by atoms with Crippen molar-refractivity contribution in [2.75, 3.05) is 32.4 Å². The smallest absolute Gasteiger partial charge is 0.226 e. The van der Waals surface area contributed by atoms with E-state index in [1.807, 2.05) is 85.1 Å². The first-order valence-corrected chi connectivity index (χ1v) is 15.6. The first-order valence-electron chi connectivity index (χ1n) is 13.7. The Morgan fingerprint density at radius 1 is 0.886 bits per heavy atom. The van der Waals surface area contributed by atoms with E-state index >= 15 is 0 Å². The van der Waals surface area contributed by atoms with Crippen molar-refractivity contribution in [2.24, 2.45) is 0 Å². The number of carbonyl (C=O) groups excluding carboxylic acids is 1. The van der Waals surface area contributed by atoms with Gasteiger partial charge in [-0.05, 0) is 30.7 Å². The summed E-state index contributed by atoms with van der Waals surface area (Å²) < 4.78 is 16.6. The van der Waals surface area contributed by atoms with Gasteiger partial charge < -0.3 is 19.5 Å². The predicted octanol–water partition coefficient (Wildman–Crippen LogP) is 7.87. The van der Waals surface area contributed by atoms with Crippen LogP contribution in [0.25, 0.3) is 33.6 Å². The third kappa shape index (κ3) is 6.86. The predicted molar refractivity (Wildman–Crippen MR) is 176 cm³/mol. The van der Waals surface area contributed by atoms with Crippen molar-refractivity contribution < 1.29 is 19.0 Å². The fraction of sp³-hybridized carbons (Fsp3) is 0.176. The van der Waals surface area contributed by atoms with Crippen LogP contribution < -0.4 is 19.5 Å². The van der Waals surface area contributed by atoms with Crippen molar-refractivity contribution in [3.8, 4) is 57.0 Å². The van der Waals surface area contributed by atoms with Crippen LogP contribution in [0.3, 0.4) is 0 Å². The number of aromatic nitrogens is 2. The van der Waals surface area contributed by atoms with Crippen molar-refractivity contribution in [1.29, 1.82) is 5.26 Å². The Bertz CT molecular complexity index is 1790. The van der Waals surface area contributed by atoms with Crippen LogP contribution in [0.4, 0.5) is 5.13 Å². The number of thiazole rings is 1. The first-order chi connectivity index (χ1) is 21.4. The molecule has 0 atom stereocenters. The minimum absolute atomic E-state index is 0.162. The van der Waals surface area contributed by atoms with Gasteiger partial charge in [0.05, 0.1) is 38.3 Å². The molecule has 1 N–H and O–H groups in total. The molecule has 0 aliphatic carbocycles. The monoisotopic (exact) mass is 622 g/mol. The van der Waals surface area contributed by atoms with Crippen LogP contribution in [0.5, 0.6) is 17.2 Å². The number of thioether (sulfide) groups is 1. The Morgan fingerprint density at radius 2 is 1.57 bits per heavy atom. The average Bonchev–Trinajstić information content (AvgIpc) is 3.52. The highest BCUT2D eigenvalue weighted by atomic mass is 32.2. The first kappa shape index (κ1) is 30.6. The van der Waals surface area contributed by atoms with Gasteiger partial charge in [0.25, 0.3) is 0 Å². The second-order valence-electron chi connectivity index (χ2n) is 9.68. The van der Waals surface area contributed by atoms with E-state index in [4.69, 9.17) is 19.2 Å². The number of anilines is 1. The number of aryl methyl sites for hydroxylation is 1. The van der Waals surface area contributed by atoms with Crippen LogP contribution in [-0.4, -0.2) is 43.0 Å². The number of hydrogen-bond donors (Lipinski definition) is 1. The van der Waals surface area contributed by atoms with Gasteiger partial charge in [-0.15, -0.1) is 23.1 Å². The molecule has 0 aliphatic rings. The lowest BCUT2D eigenvalue weighted by atomic mass is 9.98. The van der Waals surface area contributed by atoms with Crippen molar-refractivity contribution in [3.05, 3.63) is 89.3 Å². The molecule has 0 spiro atoms.